The van der Waals surface area contributed by atoms with Gasteiger partial charge in [0.15, 0.2) is 0 Å². The molecule has 66 valence electrons. The van der Waals surface area contributed by atoms with Crippen LogP contribution in [0, 0.1) is 0 Å². The zero-order valence-electron chi connectivity index (χ0n) is 6.02. The summed E-state index contributed by atoms with van der Waals surface area (Å²) in [6, 6.07) is 0. The topological polar surface area (TPSA) is 83.8 Å². The summed E-state index contributed by atoms with van der Waals surface area (Å²) in [6.07, 6.45) is 1.69. The number of aliphatic hydroxyl groups is 2. The van der Waals surface area contributed by atoms with E-state index in [0.29, 0.717) is 0 Å². The SMILES string of the molecule is CS(=O)(=O)OC=C(CO)CO. The highest BCUT2D eigenvalue weighted by molar-refractivity contribution is 7.86. The van der Waals surface area contributed by atoms with Crippen LogP contribution in [0.4, 0.5) is 0 Å². The maximum absolute atomic E-state index is 10.3. The number of hydrogen-bond donors (Lipinski definition) is 2. The van der Waals surface area contributed by atoms with Crippen LogP contribution in [0.25, 0.3) is 0 Å². The van der Waals surface area contributed by atoms with Crippen molar-refractivity contribution in [2.45, 2.75) is 0 Å². The Balaban J connectivity index is 4.11. The van der Waals surface area contributed by atoms with Crippen molar-refractivity contribution in [1.29, 1.82) is 0 Å². The van der Waals surface area contributed by atoms with Gasteiger partial charge in [0.1, 0.15) is 6.26 Å². The van der Waals surface area contributed by atoms with Gasteiger partial charge in [-0.05, 0) is 0 Å². The Morgan fingerprint density at radius 1 is 1.45 bits per heavy atom. The number of hydrogen-bond acceptors (Lipinski definition) is 5. The van der Waals surface area contributed by atoms with E-state index in [4.69, 9.17) is 10.2 Å². The van der Waals surface area contributed by atoms with E-state index in [1.807, 2.05) is 0 Å². The summed E-state index contributed by atoms with van der Waals surface area (Å²) in [7, 11) is -3.54. The molecule has 0 spiro atoms. The molecule has 0 aromatic rings. The summed E-state index contributed by atoms with van der Waals surface area (Å²) in [6.45, 7) is -0.849. The van der Waals surface area contributed by atoms with E-state index in [1.54, 1.807) is 0 Å². The van der Waals surface area contributed by atoms with Crippen LogP contribution in [0.3, 0.4) is 0 Å². The molecule has 0 heterocycles. The Kier molecular flexibility index (Phi) is 4.09. The number of aliphatic hydroxyl groups excluding tert-OH is 2. The normalized spacial score (nSPS) is 10.8. The van der Waals surface area contributed by atoms with Crippen LogP contribution in [-0.4, -0.2) is 38.1 Å². The van der Waals surface area contributed by atoms with Crippen molar-refractivity contribution in [1.82, 2.24) is 0 Å². The maximum Gasteiger partial charge on any atom is 0.305 e. The lowest BCUT2D eigenvalue weighted by atomic mass is 10.3. The first-order valence-corrected chi connectivity index (χ1v) is 4.59. The monoisotopic (exact) mass is 182 g/mol. The molecule has 0 amide bonds. The second-order valence-electron chi connectivity index (χ2n) is 1.89. The van der Waals surface area contributed by atoms with Crippen molar-refractivity contribution in [3.8, 4) is 0 Å². The molecule has 6 heteroatoms. The van der Waals surface area contributed by atoms with Gasteiger partial charge in [-0.3, -0.25) is 0 Å². The zero-order chi connectivity index (χ0) is 8.91. The molecule has 0 unspecified atom stereocenters. The van der Waals surface area contributed by atoms with Crippen molar-refractivity contribution >= 4 is 10.1 Å². The Hall–Kier alpha value is -0.590. The second-order valence-corrected chi connectivity index (χ2v) is 3.49. The molecule has 0 aliphatic rings. The lowest BCUT2D eigenvalue weighted by Crippen LogP contribution is -2.01. The maximum atomic E-state index is 10.3. The molecule has 5 nitrogen and oxygen atoms in total. The molecule has 0 aliphatic carbocycles. The third-order valence-electron chi connectivity index (χ3n) is 0.796. The van der Waals surface area contributed by atoms with Crippen LogP contribution in [0.15, 0.2) is 11.8 Å². The lowest BCUT2D eigenvalue weighted by molar-refractivity contribution is 0.270. The third-order valence-corrected chi connectivity index (χ3v) is 1.24. The first-order valence-electron chi connectivity index (χ1n) is 2.77. The van der Waals surface area contributed by atoms with Gasteiger partial charge >= 0.3 is 10.1 Å². The second kappa shape index (κ2) is 4.32. The number of rotatable bonds is 4. The minimum atomic E-state index is -3.54. The fraction of sp³-hybridized carbons (Fsp3) is 0.600. The smallest absolute Gasteiger partial charge is 0.305 e. The molecule has 0 aromatic carbocycles. The lowest BCUT2D eigenvalue weighted by Gasteiger charge is -1.98. The third kappa shape index (κ3) is 5.84. The molecule has 11 heavy (non-hydrogen) atoms. The quantitative estimate of drug-likeness (QED) is 0.423. The Bertz CT molecular complexity index is 221. The molecule has 0 saturated heterocycles. The minimum absolute atomic E-state index is 0.107. The van der Waals surface area contributed by atoms with E-state index < -0.39 is 23.3 Å². The molecule has 0 bridgehead atoms. The van der Waals surface area contributed by atoms with Crippen LogP contribution in [0.5, 0.6) is 0 Å². The summed E-state index contributed by atoms with van der Waals surface area (Å²) in [4.78, 5) is 0. The molecule has 0 aliphatic heterocycles. The predicted molar refractivity (Wildman–Crippen MR) is 38.2 cm³/mol. The van der Waals surface area contributed by atoms with Crippen molar-refractivity contribution in [2.75, 3.05) is 19.5 Å². The van der Waals surface area contributed by atoms with E-state index in [2.05, 4.69) is 4.18 Å². The van der Waals surface area contributed by atoms with E-state index in [0.717, 1.165) is 12.5 Å². The highest BCUT2D eigenvalue weighted by Gasteiger charge is 1.99. The van der Waals surface area contributed by atoms with Crippen molar-refractivity contribution in [3.05, 3.63) is 11.8 Å². The first-order chi connectivity index (χ1) is 4.99. The molecule has 0 radical (unpaired) electrons. The van der Waals surface area contributed by atoms with Gasteiger partial charge < -0.3 is 14.4 Å². The largest absolute Gasteiger partial charge is 0.392 e. The van der Waals surface area contributed by atoms with Crippen LogP contribution >= 0.6 is 0 Å². The van der Waals surface area contributed by atoms with Crippen LogP contribution in [-0.2, 0) is 14.3 Å². The summed E-state index contributed by atoms with van der Waals surface area (Å²) >= 11 is 0. The van der Waals surface area contributed by atoms with Gasteiger partial charge in [0.05, 0.1) is 19.5 Å². The van der Waals surface area contributed by atoms with Gasteiger partial charge in [-0.15, -0.1) is 0 Å². The Morgan fingerprint density at radius 2 is 1.91 bits per heavy atom. The Morgan fingerprint density at radius 3 is 2.18 bits per heavy atom. The molecule has 0 rings (SSSR count). The van der Waals surface area contributed by atoms with Gasteiger partial charge in [0.2, 0.25) is 0 Å². The molecule has 0 aromatic heterocycles. The highest BCUT2D eigenvalue weighted by atomic mass is 32.2. The van der Waals surface area contributed by atoms with Gasteiger partial charge in [-0.2, -0.15) is 8.42 Å². The molecule has 0 fully saturated rings. The molecular formula is C5H10O5S. The average molecular weight is 182 g/mol. The summed E-state index contributed by atoms with van der Waals surface area (Å²) in [5, 5.41) is 16.8. The molecule has 2 N–H and O–H groups in total. The van der Waals surface area contributed by atoms with Gasteiger partial charge in [-0.25, -0.2) is 0 Å². The summed E-state index contributed by atoms with van der Waals surface area (Å²) in [5.74, 6) is 0. The van der Waals surface area contributed by atoms with Crippen molar-refractivity contribution in [3.63, 3.8) is 0 Å². The Labute approximate surface area is 65.0 Å². The van der Waals surface area contributed by atoms with E-state index in [1.165, 1.54) is 0 Å². The fourth-order valence-electron chi connectivity index (χ4n) is 0.280. The van der Waals surface area contributed by atoms with Crippen LogP contribution < -0.4 is 0 Å². The van der Waals surface area contributed by atoms with E-state index in [-0.39, 0.29) is 5.57 Å². The van der Waals surface area contributed by atoms with Crippen LogP contribution in [0.1, 0.15) is 0 Å². The molecular weight excluding hydrogens is 172 g/mol. The van der Waals surface area contributed by atoms with Crippen LogP contribution in [0.2, 0.25) is 0 Å². The predicted octanol–water partition coefficient (Wildman–Crippen LogP) is -1.17. The van der Waals surface area contributed by atoms with Gasteiger partial charge in [0.25, 0.3) is 0 Å². The highest BCUT2D eigenvalue weighted by Crippen LogP contribution is 1.95. The van der Waals surface area contributed by atoms with Crippen molar-refractivity contribution < 1.29 is 22.8 Å². The average Bonchev–Trinajstić information content (AvgIpc) is 1.88. The first kappa shape index (κ1) is 10.4. The minimum Gasteiger partial charge on any atom is -0.392 e. The molecule has 0 atom stereocenters. The summed E-state index contributed by atoms with van der Waals surface area (Å²) in [5.41, 5.74) is 0.107. The zero-order valence-corrected chi connectivity index (χ0v) is 6.84. The summed E-state index contributed by atoms with van der Waals surface area (Å²) < 4.78 is 24.8. The standard InChI is InChI=1S/C5H10O5S/c1-11(8,9)10-4-5(2-6)3-7/h4,6-7H,2-3H2,1H3. The van der Waals surface area contributed by atoms with Gasteiger partial charge in [-0.1, -0.05) is 0 Å². The molecule has 0 saturated carbocycles. The van der Waals surface area contributed by atoms with E-state index in [9.17, 15) is 8.42 Å². The fourth-order valence-corrected chi connectivity index (χ4v) is 0.591. The van der Waals surface area contributed by atoms with Gasteiger partial charge in [0, 0.05) is 5.57 Å². The van der Waals surface area contributed by atoms with E-state index >= 15 is 0 Å². The van der Waals surface area contributed by atoms with Crippen molar-refractivity contribution in [2.24, 2.45) is 0 Å².